The Morgan fingerprint density at radius 2 is 1.83 bits per heavy atom. The molecule has 1 aromatic carbocycles. The third-order valence-electron chi connectivity index (χ3n) is 4.16. The molecule has 5 heteroatoms. The van der Waals surface area contributed by atoms with Crippen molar-refractivity contribution in [1.82, 2.24) is 9.47 Å². The van der Waals surface area contributed by atoms with Crippen LogP contribution in [0.1, 0.15) is 37.4 Å². The van der Waals surface area contributed by atoms with E-state index in [9.17, 15) is 9.59 Å². The van der Waals surface area contributed by atoms with E-state index in [2.05, 4.69) is 43.4 Å². The number of urea groups is 1. The number of hydrogen-bond acceptors (Lipinski definition) is 2. The summed E-state index contributed by atoms with van der Waals surface area (Å²) in [5.41, 5.74) is 2.83. The number of carbonyl (C=O) groups excluding carboxylic acids is 1. The van der Waals surface area contributed by atoms with Crippen LogP contribution >= 0.6 is 0 Å². The Bertz CT molecular complexity index is 750. The maximum absolute atomic E-state index is 12.7. The van der Waals surface area contributed by atoms with Crippen molar-refractivity contribution in [3.05, 3.63) is 64.1 Å². The van der Waals surface area contributed by atoms with Crippen molar-refractivity contribution in [3.8, 4) is 0 Å². The molecule has 24 heavy (non-hydrogen) atoms. The third-order valence-corrected chi connectivity index (χ3v) is 4.16. The van der Waals surface area contributed by atoms with Gasteiger partial charge in [-0.3, -0.25) is 4.79 Å². The maximum atomic E-state index is 12.7. The van der Waals surface area contributed by atoms with E-state index in [1.807, 2.05) is 11.8 Å². The zero-order valence-electron chi connectivity index (χ0n) is 14.7. The van der Waals surface area contributed by atoms with E-state index in [0.717, 1.165) is 12.0 Å². The zero-order chi connectivity index (χ0) is 17.7. The minimum Gasteiger partial charge on any atom is -0.318 e. The van der Waals surface area contributed by atoms with Gasteiger partial charge in [-0.2, -0.15) is 0 Å². The Labute approximate surface area is 142 Å². The first kappa shape index (κ1) is 17.8. The molecule has 5 nitrogen and oxygen atoms in total. The first-order valence-electron chi connectivity index (χ1n) is 8.27. The highest BCUT2D eigenvalue weighted by molar-refractivity contribution is 5.89. The van der Waals surface area contributed by atoms with Crippen molar-refractivity contribution < 1.29 is 4.79 Å². The summed E-state index contributed by atoms with van der Waals surface area (Å²) in [5, 5.41) is 2.88. The summed E-state index contributed by atoms with van der Waals surface area (Å²) in [6.45, 7) is 6.70. The number of aryl methyl sites for hydroxylation is 2. The highest BCUT2D eigenvalue weighted by atomic mass is 16.2. The largest absolute Gasteiger partial charge is 0.322 e. The van der Waals surface area contributed by atoms with Crippen LogP contribution in [0.4, 0.5) is 10.5 Å². The molecule has 2 amide bonds. The van der Waals surface area contributed by atoms with Crippen LogP contribution in [0.3, 0.4) is 0 Å². The summed E-state index contributed by atoms with van der Waals surface area (Å²) in [5.74, 6) is 0. The average Bonchev–Trinajstić information content (AvgIpc) is 2.57. The van der Waals surface area contributed by atoms with Gasteiger partial charge in [-0.15, -0.1) is 0 Å². The van der Waals surface area contributed by atoms with E-state index in [-0.39, 0.29) is 17.6 Å². The Morgan fingerprint density at radius 3 is 2.38 bits per heavy atom. The van der Waals surface area contributed by atoms with Crippen LogP contribution < -0.4 is 10.9 Å². The standard InChI is InChI=1S/C19H25N3O2/c1-5-17(15-9-7-14(3)8-10-15)22(6-2)19(24)20-16-11-12-18(23)21(4)13-16/h7-13,17H,5-6H2,1-4H3,(H,20,24). The fraction of sp³-hybridized carbons (Fsp3) is 0.368. The lowest BCUT2D eigenvalue weighted by Gasteiger charge is -2.30. The van der Waals surface area contributed by atoms with Gasteiger partial charge in [0.25, 0.3) is 0 Å². The monoisotopic (exact) mass is 327 g/mol. The van der Waals surface area contributed by atoms with E-state index in [1.54, 1.807) is 19.3 Å². The Balaban J connectivity index is 2.21. The summed E-state index contributed by atoms with van der Waals surface area (Å²) in [7, 11) is 1.66. The first-order chi connectivity index (χ1) is 11.5. The van der Waals surface area contributed by atoms with Gasteiger partial charge in [0.1, 0.15) is 0 Å². The lowest BCUT2D eigenvalue weighted by atomic mass is 10.0. The molecule has 1 unspecified atom stereocenters. The Kier molecular flexibility index (Phi) is 5.79. The number of aromatic nitrogens is 1. The number of benzene rings is 1. The topological polar surface area (TPSA) is 54.3 Å². The molecule has 0 spiro atoms. The lowest BCUT2D eigenvalue weighted by molar-refractivity contribution is 0.190. The van der Waals surface area contributed by atoms with E-state index in [4.69, 9.17) is 0 Å². The van der Waals surface area contributed by atoms with Crippen LogP contribution in [-0.4, -0.2) is 22.0 Å². The van der Waals surface area contributed by atoms with Crippen LogP contribution in [0, 0.1) is 6.92 Å². The second-order valence-electron chi connectivity index (χ2n) is 5.92. The summed E-state index contributed by atoms with van der Waals surface area (Å²) >= 11 is 0. The van der Waals surface area contributed by atoms with E-state index >= 15 is 0 Å². The number of carbonyl (C=O) groups is 1. The number of anilines is 1. The summed E-state index contributed by atoms with van der Waals surface area (Å²) < 4.78 is 1.45. The number of amides is 2. The fourth-order valence-electron chi connectivity index (χ4n) is 2.79. The molecule has 0 aliphatic heterocycles. The smallest absolute Gasteiger partial charge is 0.318 e. The predicted molar refractivity (Wildman–Crippen MR) is 97.3 cm³/mol. The van der Waals surface area contributed by atoms with Crippen LogP contribution in [0.15, 0.2) is 47.4 Å². The number of nitrogens with zero attached hydrogens (tertiary/aromatic N) is 2. The summed E-state index contributed by atoms with van der Waals surface area (Å²) in [6, 6.07) is 11.2. The van der Waals surface area contributed by atoms with E-state index < -0.39 is 0 Å². The van der Waals surface area contributed by atoms with Crippen LogP contribution in [0.5, 0.6) is 0 Å². The molecule has 0 saturated carbocycles. The highest BCUT2D eigenvalue weighted by Crippen LogP contribution is 2.25. The summed E-state index contributed by atoms with van der Waals surface area (Å²) in [6.07, 6.45) is 2.46. The molecule has 1 atom stereocenters. The first-order valence-corrected chi connectivity index (χ1v) is 8.27. The fourth-order valence-corrected chi connectivity index (χ4v) is 2.79. The molecule has 2 aromatic rings. The van der Waals surface area contributed by atoms with Gasteiger partial charge in [-0.25, -0.2) is 4.79 Å². The van der Waals surface area contributed by atoms with Crippen molar-refractivity contribution in [1.29, 1.82) is 0 Å². The van der Waals surface area contributed by atoms with E-state index in [0.29, 0.717) is 12.2 Å². The van der Waals surface area contributed by atoms with Gasteiger partial charge < -0.3 is 14.8 Å². The van der Waals surface area contributed by atoms with Crippen molar-refractivity contribution in [3.63, 3.8) is 0 Å². The highest BCUT2D eigenvalue weighted by Gasteiger charge is 2.22. The van der Waals surface area contributed by atoms with E-state index in [1.165, 1.54) is 16.2 Å². The second kappa shape index (κ2) is 7.81. The SMILES string of the molecule is CCC(c1ccc(C)cc1)N(CC)C(=O)Nc1ccc(=O)n(C)c1. The molecule has 1 heterocycles. The molecular formula is C19H25N3O2. The minimum atomic E-state index is -0.163. The minimum absolute atomic E-state index is 0.0168. The van der Waals surface area contributed by atoms with Gasteiger partial charge >= 0.3 is 6.03 Å². The number of pyridine rings is 1. The quantitative estimate of drug-likeness (QED) is 0.910. The summed E-state index contributed by atoms with van der Waals surface area (Å²) in [4.78, 5) is 26.0. The Hall–Kier alpha value is -2.56. The number of nitrogens with one attached hydrogen (secondary N) is 1. The number of hydrogen-bond donors (Lipinski definition) is 1. The third kappa shape index (κ3) is 4.04. The normalized spacial score (nSPS) is 11.8. The molecule has 0 radical (unpaired) electrons. The zero-order valence-corrected chi connectivity index (χ0v) is 14.7. The molecule has 128 valence electrons. The lowest BCUT2D eigenvalue weighted by Crippen LogP contribution is -2.38. The molecule has 0 saturated heterocycles. The van der Waals surface area contributed by atoms with Gasteiger partial charge in [0.2, 0.25) is 5.56 Å². The Morgan fingerprint density at radius 1 is 1.17 bits per heavy atom. The van der Waals surface area contributed by atoms with Crippen molar-refractivity contribution in [2.24, 2.45) is 7.05 Å². The van der Waals surface area contributed by atoms with Gasteiger partial charge in [0.15, 0.2) is 0 Å². The number of rotatable bonds is 5. The molecule has 0 aliphatic rings. The van der Waals surface area contributed by atoms with Gasteiger partial charge in [-0.05, 0) is 31.9 Å². The van der Waals surface area contributed by atoms with Gasteiger partial charge in [0, 0.05) is 25.9 Å². The molecule has 0 fully saturated rings. The average molecular weight is 327 g/mol. The molecule has 2 rings (SSSR count). The molecule has 1 N–H and O–H groups in total. The van der Waals surface area contributed by atoms with Gasteiger partial charge in [-0.1, -0.05) is 36.8 Å². The van der Waals surface area contributed by atoms with Crippen LogP contribution in [0.2, 0.25) is 0 Å². The molecule has 0 aliphatic carbocycles. The molecule has 0 bridgehead atoms. The maximum Gasteiger partial charge on any atom is 0.322 e. The van der Waals surface area contributed by atoms with Crippen LogP contribution in [0.25, 0.3) is 0 Å². The predicted octanol–water partition coefficient (Wildman–Crippen LogP) is 3.70. The van der Waals surface area contributed by atoms with Crippen molar-refractivity contribution in [2.45, 2.75) is 33.2 Å². The van der Waals surface area contributed by atoms with Crippen molar-refractivity contribution >= 4 is 11.7 Å². The van der Waals surface area contributed by atoms with Gasteiger partial charge in [0.05, 0.1) is 11.7 Å². The second-order valence-corrected chi connectivity index (χ2v) is 5.92. The van der Waals surface area contributed by atoms with Crippen LogP contribution in [-0.2, 0) is 7.05 Å². The van der Waals surface area contributed by atoms with Crippen molar-refractivity contribution in [2.75, 3.05) is 11.9 Å². The molecule has 1 aromatic heterocycles. The molecular weight excluding hydrogens is 302 g/mol.